The van der Waals surface area contributed by atoms with Gasteiger partial charge >= 0.3 is 5.97 Å². The Kier molecular flexibility index (Phi) is 14.5. The number of carbonyl (C=O) groups excluding carboxylic acids is 1. The maximum Gasteiger partial charge on any atom is 0.308 e. The van der Waals surface area contributed by atoms with Crippen LogP contribution in [0.3, 0.4) is 0 Å². The van der Waals surface area contributed by atoms with E-state index in [0.29, 0.717) is 6.42 Å². The largest absolute Gasteiger partial charge is 0.481 e. The number of hydrogen-bond donors (Lipinski definition) is 4. The number of ether oxygens (including phenoxy) is 2. The van der Waals surface area contributed by atoms with Crippen LogP contribution in [0.2, 0.25) is 0 Å². The van der Waals surface area contributed by atoms with Crippen molar-refractivity contribution >= 4 is 11.8 Å². The summed E-state index contributed by atoms with van der Waals surface area (Å²) in [6.45, 7) is 17.1. The molecule has 0 bridgehead atoms. The number of carboxylic acid groups (broad SMARTS) is 1. The summed E-state index contributed by atoms with van der Waals surface area (Å²) in [4.78, 5) is 27.1. The van der Waals surface area contributed by atoms with E-state index in [-0.39, 0.29) is 36.5 Å². The molecule has 4 unspecified atom stereocenters. The lowest BCUT2D eigenvalue weighted by molar-refractivity contribution is -0.262. The highest BCUT2D eigenvalue weighted by atomic mass is 16.7. The molecule has 9 heteroatoms. The molecule has 1 aliphatic heterocycles. The lowest BCUT2D eigenvalue weighted by Gasteiger charge is -2.44. The standard InChI is InChI=1S/C30H57NO8/c1-11-13-17(3)25(32)20(6)26(33)18(4)15-30(9,37)16-19(5)28(21(7)29(35)36)39-24-14-23(31(10)12-2)27(34)22(8)38-24/h17-25,27-28,32,34,37H,11-16H2,1-10H3,(H,35,36)/t17-,18+,19+,20+,21+,22?,23?,24-,25-,27+,28?,30?/m0/s1. The third-order valence-electron chi connectivity index (χ3n) is 8.77. The number of aliphatic hydroxyl groups excluding tert-OH is 2. The SMILES string of the molecule is CCC[C@H](C)[C@H](O)[C@@H](C)C(=O)[C@H](C)CC(C)(O)C[C@@H](C)C(O[C@H]1CC(N(C)CC)[C@H](O)C(C)O1)[C@@H](C)C(=O)O. The lowest BCUT2D eigenvalue weighted by Crippen LogP contribution is -2.55. The minimum absolute atomic E-state index is 0.0136. The van der Waals surface area contributed by atoms with Crippen molar-refractivity contribution in [2.75, 3.05) is 13.6 Å². The molecular weight excluding hydrogens is 502 g/mol. The maximum absolute atomic E-state index is 13.1. The molecule has 230 valence electrons. The maximum atomic E-state index is 13.1. The van der Waals surface area contributed by atoms with E-state index in [9.17, 15) is 30.0 Å². The number of carbonyl (C=O) groups is 2. The van der Waals surface area contributed by atoms with Crippen molar-refractivity contribution in [1.29, 1.82) is 0 Å². The number of aliphatic carboxylic acids is 1. The summed E-state index contributed by atoms with van der Waals surface area (Å²) >= 11 is 0. The van der Waals surface area contributed by atoms with Crippen molar-refractivity contribution < 1.29 is 39.5 Å². The topological polar surface area (TPSA) is 137 Å². The van der Waals surface area contributed by atoms with Gasteiger partial charge in [0.15, 0.2) is 6.29 Å². The summed E-state index contributed by atoms with van der Waals surface area (Å²) in [5, 5.41) is 42.4. The van der Waals surface area contributed by atoms with Crippen LogP contribution in [-0.4, -0.2) is 93.0 Å². The van der Waals surface area contributed by atoms with Gasteiger partial charge in [-0.15, -0.1) is 0 Å². The van der Waals surface area contributed by atoms with Crippen molar-refractivity contribution in [3.63, 3.8) is 0 Å². The number of hydrogen-bond acceptors (Lipinski definition) is 8. The molecule has 1 rings (SSSR count). The first-order valence-electron chi connectivity index (χ1n) is 14.8. The molecule has 1 fully saturated rings. The molecule has 0 aromatic heterocycles. The summed E-state index contributed by atoms with van der Waals surface area (Å²) in [7, 11) is 1.92. The van der Waals surface area contributed by atoms with E-state index in [1.807, 2.05) is 39.6 Å². The Morgan fingerprint density at radius 2 is 1.67 bits per heavy atom. The number of rotatable bonds is 17. The van der Waals surface area contributed by atoms with Gasteiger partial charge in [-0.05, 0) is 65.5 Å². The first-order chi connectivity index (χ1) is 18.0. The quantitative estimate of drug-likeness (QED) is 0.210. The molecule has 1 heterocycles. The van der Waals surface area contributed by atoms with Crippen molar-refractivity contribution in [2.24, 2.45) is 29.6 Å². The zero-order chi connectivity index (χ0) is 30.2. The van der Waals surface area contributed by atoms with Gasteiger partial charge in [0.05, 0.1) is 35.9 Å². The van der Waals surface area contributed by atoms with Gasteiger partial charge in [0.1, 0.15) is 5.78 Å². The second-order valence-corrected chi connectivity index (χ2v) is 12.6. The number of ketones is 1. The minimum atomic E-state index is -1.25. The van der Waals surface area contributed by atoms with Crippen LogP contribution in [0, 0.1) is 29.6 Å². The molecule has 9 nitrogen and oxygen atoms in total. The molecule has 0 saturated carbocycles. The molecule has 0 aromatic rings. The Morgan fingerprint density at radius 1 is 1.08 bits per heavy atom. The van der Waals surface area contributed by atoms with Gasteiger partial charge in [-0.1, -0.05) is 48.0 Å². The van der Waals surface area contributed by atoms with Crippen LogP contribution in [0.1, 0.15) is 94.4 Å². The molecule has 4 N–H and O–H groups in total. The van der Waals surface area contributed by atoms with Gasteiger partial charge in [0.25, 0.3) is 0 Å². The molecule has 1 aliphatic rings. The van der Waals surface area contributed by atoms with Crippen molar-refractivity contribution in [1.82, 2.24) is 4.90 Å². The Morgan fingerprint density at radius 3 is 2.18 bits per heavy atom. The van der Waals surface area contributed by atoms with Crippen LogP contribution in [0.4, 0.5) is 0 Å². The van der Waals surface area contributed by atoms with E-state index >= 15 is 0 Å². The number of carboxylic acids is 1. The third kappa shape index (κ3) is 10.3. The number of Topliss-reactive ketones (excluding diaryl/α,β-unsaturated/α-hetero) is 1. The van der Waals surface area contributed by atoms with Crippen molar-refractivity contribution in [3.05, 3.63) is 0 Å². The summed E-state index contributed by atoms with van der Waals surface area (Å²) in [5.41, 5.74) is -1.25. The highest BCUT2D eigenvalue weighted by Crippen LogP contribution is 2.34. The number of likely N-dealkylation sites (N-methyl/N-ethyl adjacent to an activating group) is 1. The predicted octanol–water partition coefficient (Wildman–Crippen LogP) is 3.71. The molecule has 0 spiro atoms. The van der Waals surface area contributed by atoms with Crippen LogP contribution in [0.15, 0.2) is 0 Å². The average molecular weight is 560 g/mol. The fourth-order valence-corrected chi connectivity index (χ4v) is 6.24. The second-order valence-electron chi connectivity index (χ2n) is 12.6. The summed E-state index contributed by atoms with van der Waals surface area (Å²) in [6.07, 6.45) is -0.779. The van der Waals surface area contributed by atoms with Crippen molar-refractivity contribution in [3.8, 4) is 0 Å². The van der Waals surface area contributed by atoms with Gasteiger partial charge < -0.3 is 34.8 Å². The van der Waals surface area contributed by atoms with Crippen LogP contribution in [0.5, 0.6) is 0 Å². The van der Waals surface area contributed by atoms with Crippen LogP contribution in [0.25, 0.3) is 0 Å². The van der Waals surface area contributed by atoms with E-state index in [4.69, 9.17) is 9.47 Å². The van der Waals surface area contributed by atoms with E-state index < -0.39 is 60.0 Å². The van der Waals surface area contributed by atoms with E-state index in [1.54, 1.807) is 34.6 Å². The zero-order valence-corrected chi connectivity index (χ0v) is 26.0. The molecular formula is C30H57NO8. The van der Waals surface area contributed by atoms with Gasteiger partial charge in [-0.25, -0.2) is 0 Å². The van der Waals surface area contributed by atoms with E-state index in [1.165, 1.54) is 0 Å². The first kappa shape index (κ1) is 35.9. The molecule has 39 heavy (non-hydrogen) atoms. The van der Waals surface area contributed by atoms with Gasteiger partial charge in [-0.3, -0.25) is 9.59 Å². The minimum Gasteiger partial charge on any atom is -0.481 e. The Balaban J connectivity index is 2.97. The number of nitrogens with zero attached hydrogens (tertiary/aromatic N) is 1. The van der Waals surface area contributed by atoms with Crippen molar-refractivity contribution in [2.45, 2.75) is 137 Å². The van der Waals surface area contributed by atoms with E-state index in [0.717, 1.165) is 19.4 Å². The monoisotopic (exact) mass is 559 g/mol. The molecule has 0 amide bonds. The van der Waals surface area contributed by atoms with Crippen LogP contribution >= 0.6 is 0 Å². The number of aliphatic hydroxyl groups is 3. The Bertz CT molecular complexity index is 761. The van der Waals surface area contributed by atoms with Gasteiger partial charge in [-0.2, -0.15) is 0 Å². The van der Waals surface area contributed by atoms with Crippen LogP contribution < -0.4 is 0 Å². The molecule has 0 aliphatic carbocycles. The first-order valence-corrected chi connectivity index (χ1v) is 14.8. The Hall–Kier alpha value is -1.10. The average Bonchev–Trinajstić information content (AvgIpc) is 2.86. The fourth-order valence-electron chi connectivity index (χ4n) is 6.24. The zero-order valence-electron chi connectivity index (χ0n) is 26.0. The molecule has 0 radical (unpaired) electrons. The molecule has 1 saturated heterocycles. The highest BCUT2D eigenvalue weighted by Gasteiger charge is 2.42. The summed E-state index contributed by atoms with van der Waals surface area (Å²) in [6, 6.07) is -0.188. The smallest absolute Gasteiger partial charge is 0.308 e. The van der Waals surface area contributed by atoms with Crippen LogP contribution in [-0.2, 0) is 19.1 Å². The summed E-state index contributed by atoms with van der Waals surface area (Å²) < 4.78 is 12.2. The summed E-state index contributed by atoms with van der Waals surface area (Å²) in [5.74, 6) is -3.32. The normalized spacial score (nSPS) is 29.1. The van der Waals surface area contributed by atoms with E-state index in [2.05, 4.69) is 0 Å². The molecule has 0 aromatic carbocycles. The lowest BCUT2D eigenvalue weighted by atomic mass is 9.77. The second kappa shape index (κ2) is 15.8. The van der Waals surface area contributed by atoms with Gasteiger partial charge in [0.2, 0.25) is 0 Å². The highest BCUT2D eigenvalue weighted by molar-refractivity contribution is 5.83. The van der Waals surface area contributed by atoms with Gasteiger partial charge in [0, 0.05) is 24.3 Å². The predicted molar refractivity (Wildman–Crippen MR) is 151 cm³/mol. The third-order valence-corrected chi connectivity index (χ3v) is 8.77. The Labute approximate surface area is 236 Å². The molecule has 12 atom stereocenters. The fraction of sp³-hybridized carbons (Fsp3) is 0.933.